The van der Waals surface area contributed by atoms with Gasteiger partial charge in [-0.15, -0.1) is 12.4 Å². The number of amides is 1. The highest BCUT2D eigenvalue weighted by atomic mass is 35.5. The molecule has 1 fully saturated rings. The molecule has 128 valence electrons. The van der Waals surface area contributed by atoms with Crippen LogP contribution in [0.25, 0.3) is 5.69 Å². The molecule has 0 saturated heterocycles. The summed E-state index contributed by atoms with van der Waals surface area (Å²) in [7, 11) is 0. The predicted molar refractivity (Wildman–Crippen MR) is 94.8 cm³/mol. The molecule has 0 atom stereocenters. The van der Waals surface area contributed by atoms with Gasteiger partial charge in [-0.05, 0) is 43.9 Å². The molecule has 0 spiro atoms. The standard InChI is InChI=1S/C17H20N4O2.ClH/c18-12-6-8-13(9-7-12)19-17(23)15-10-11-16(22)21(20-15)14-4-2-1-3-5-14;/h1-5,10-13H,6-9,18H2,(H,19,23);1H. The van der Waals surface area contributed by atoms with E-state index >= 15 is 0 Å². The van der Waals surface area contributed by atoms with Gasteiger partial charge in [-0.25, -0.2) is 0 Å². The molecule has 1 amide bonds. The Kier molecular flexibility index (Phi) is 6.11. The van der Waals surface area contributed by atoms with Crippen LogP contribution in [0.3, 0.4) is 0 Å². The van der Waals surface area contributed by atoms with Crippen molar-refractivity contribution < 1.29 is 4.79 Å². The van der Waals surface area contributed by atoms with Gasteiger partial charge in [0.05, 0.1) is 5.69 Å². The Balaban J connectivity index is 0.00000208. The number of nitrogens with one attached hydrogen (secondary N) is 1. The third-order valence-electron chi connectivity index (χ3n) is 4.14. The number of halogens is 1. The quantitative estimate of drug-likeness (QED) is 0.882. The van der Waals surface area contributed by atoms with Crippen molar-refractivity contribution in [3.8, 4) is 5.69 Å². The van der Waals surface area contributed by atoms with Gasteiger partial charge in [0.25, 0.3) is 11.5 Å². The van der Waals surface area contributed by atoms with Gasteiger partial charge in [-0.2, -0.15) is 9.78 Å². The molecule has 7 heteroatoms. The first-order chi connectivity index (χ1) is 11.1. The Morgan fingerprint density at radius 3 is 2.42 bits per heavy atom. The lowest BCUT2D eigenvalue weighted by atomic mass is 9.92. The zero-order valence-electron chi connectivity index (χ0n) is 13.2. The molecule has 0 aliphatic heterocycles. The van der Waals surface area contributed by atoms with Crippen molar-refractivity contribution >= 4 is 18.3 Å². The van der Waals surface area contributed by atoms with E-state index in [4.69, 9.17) is 5.73 Å². The normalized spacial score (nSPS) is 20.0. The highest BCUT2D eigenvalue weighted by Crippen LogP contribution is 2.17. The Labute approximate surface area is 146 Å². The van der Waals surface area contributed by atoms with Crippen molar-refractivity contribution in [1.29, 1.82) is 0 Å². The van der Waals surface area contributed by atoms with Gasteiger partial charge in [0.15, 0.2) is 0 Å². The molecule has 3 rings (SSSR count). The molecular weight excluding hydrogens is 328 g/mol. The lowest BCUT2D eigenvalue weighted by molar-refractivity contribution is 0.0919. The Morgan fingerprint density at radius 1 is 1.08 bits per heavy atom. The molecule has 3 N–H and O–H groups in total. The largest absolute Gasteiger partial charge is 0.348 e. The van der Waals surface area contributed by atoms with E-state index in [1.54, 1.807) is 12.1 Å². The number of nitrogens with two attached hydrogens (primary N) is 1. The fourth-order valence-electron chi connectivity index (χ4n) is 2.81. The van der Waals surface area contributed by atoms with E-state index in [9.17, 15) is 9.59 Å². The summed E-state index contributed by atoms with van der Waals surface area (Å²) < 4.78 is 1.24. The minimum Gasteiger partial charge on any atom is -0.348 e. The molecule has 2 aromatic rings. The van der Waals surface area contributed by atoms with Crippen LogP contribution < -0.4 is 16.6 Å². The number of carbonyl (C=O) groups excluding carboxylic acids is 1. The van der Waals surface area contributed by atoms with Crippen LogP contribution in [0.5, 0.6) is 0 Å². The van der Waals surface area contributed by atoms with Crippen LogP contribution in [0.15, 0.2) is 47.3 Å². The van der Waals surface area contributed by atoms with Crippen LogP contribution in [0.4, 0.5) is 0 Å². The third-order valence-corrected chi connectivity index (χ3v) is 4.14. The van der Waals surface area contributed by atoms with Crippen LogP contribution in [-0.2, 0) is 0 Å². The molecular formula is C17H21ClN4O2. The first kappa shape index (κ1) is 18.2. The van der Waals surface area contributed by atoms with Crippen molar-refractivity contribution in [3.05, 3.63) is 58.5 Å². The molecule has 1 aliphatic rings. The Bertz CT molecular complexity index is 740. The van der Waals surface area contributed by atoms with E-state index in [2.05, 4.69) is 10.4 Å². The summed E-state index contributed by atoms with van der Waals surface area (Å²) in [6.07, 6.45) is 3.60. The van der Waals surface area contributed by atoms with Crippen molar-refractivity contribution in [3.63, 3.8) is 0 Å². The highest BCUT2D eigenvalue weighted by Gasteiger charge is 2.21. The number of hydrogen-bond donors (Lipinski definition) is 2. The summed E-state index contributed by atoms with van der Waals surface area (Å²) in [5, 5.41) is 7.17. The molecule has 1 aromatic heterocycles. The fraction of sp³-hybridized carbons (Fsp3) is 0.353. The van der Waals surface area contributed by atoms with Crippen LogP contribution in [-0.4, -0.2) is 27.8 Å². The Hall–Kier alpha value is -2.18. The average molecular weight is 349 g/mol. The molecule has 1 aromatic carbocycles. The number of carbonyl (C=O) groups is 1. The van der Waals surface area contributed by atoms with Gasteiger partial charge in [0, 0.05) is 18.2 Å². The van der Waals surface area contributed by atoms with E-state index < -0.39 is 0 Å². The minimum absolute atomic E-state index is 0. The van der Waals surface area contributed by atoms with Crippen molar-refractivity contribution in [1.82, 2.24) is 15.1 Å². The highest BCUT2D eigenvalue weighted by molar-refractivity contribution is 5.92. The van der Waals surface area contributed by atoms with Crippen molar-refractivity contribution in [2.75, 3.05) is 0 Å². The molecule has 24 heavy (non-hydrogen) atoms. The van der Waals surface area contributed by atoms with E-state index in [1.165, 1.54) is 16.8 Å². The SMILES string of the molecule is Cl.NC1CCC(NC(=O)c2ccc(=O)n(-c3ccccc3)n2)CC1. The monoisotopic (exact) mass is 348 g/mol. The van der Waals surface area contributed by atoms with Crippen LogP contribution in [0, 0.1) is 0 Å². The molecule has 6 nitrogen and oxygen atoms in total. The minimum atomic E-state index is -0.267. The molecule has 0 radical (unpaired) electrons. The summed E-state index contributed by atoms with van der Waals surface area (Å²) in [5.41, 5.74) is 6.48. The molecule has 1 aliphatic carbocycles. The van der Waals surface area contributed by atoms with Crippen LogP contribution in [0.1, 0.15) is 36.2 Å². The molecule has 0 bridgehead atoms. The van der Waals surface area contributed by atoms with Gasteiger partial charge < -0.3 is 11.1 Å². The lowest BCUT2D eigenvalue weighted by Gasteiger charge is -2.26. The Morgan fingerprint density at radius 2 is 1.75 bits per heavy atom. The first-order valence-corrected chi connectivity index (χ1v) is 7.86. The average Bonchev–Trinajstić information content (AvgIpc) is 2.58. The van der Waals surface area contributed by atoms with Gasteiger partial charge in [0.1, 0.15) is 5.69 Å². The van der Waals surface area contributed by atoms with Crippen LogP contribution in [0.2, 0.25) is 0 Å². The number of hydrogen-bond acceptors (Lipinski definition) is 4. The number of nitrogens with zero attached hydrogens (tertiary/aromatic N) is 2. The number of rotatable bonds is 3. The van der Waals surface area contributed by atoms with Gasteiger partial charge in [-0.1, -0.05) is 18.2 Å². The summed E-state index contributed by atoms with van der Waals surface area (Å²) in [5.74, 6) is -0.254. The first-order valence-electron chi connectivity index (χ1n) is 7.86. The van der Waals surface area contributed by atoms with E-state index in [0.717, 1.165) is 25.7 Å². The zero-order valence-corrected chi connectivity index (χ0v) is 14.0. The molecule has 0 unspecified atom stereocenters. The number of aromatic nitrogens is 2. The van der Waals surface area contributed by atoms with E-state index in [0.29, 0.717) is 5.69 Å². The smallest absolute Gasteiger partial charge is 0.271 e. The topological polar surface area (TPSA) is 90.0 Å². The second kappa shape index (κ2) is 8.08. The van der Waals surface area contributed by atoms with Gasteiger partial charge in [-0.3, -0.25) is 9.59 Å². The van der Waals surface area contributed by atoms with Crippen molar-refractivity contribution in [2.45, 2.75) is 37.8 Å². The lowest BCUT2D eigenvalue weighted by Crippen LogP contribution is -2.41. The summed E-state index contributed by atoms with van der Waals surface area (Å²) >= 11 is 0. The predicted octanol–water partition coefficient (Wildman–Crippen LogP) is 1.65. The summed E-state index contributed by atoms with van der Waals surface area (Å²) in [6, 6.07) is 12.2. The molecule has 1 heterocycles. The maximum Gasteiger partial charge on any atom is 0.271 e. The van der Waals surface area contributed by atoms with Crippen molar-refractivity contribution in [2.24, 2.45) is 5.73 Å². The van der Waals surface area contributed by atoms with E-state index in [-0.39, 0.29) is 41.7 Å². The number of benzene rings is 1. The second-order valence-electron chi connectivity index (χ2n) is 5.89. The fourth-order valence-corrected chi connectivity index (χ4v) is 2.81. The number of para-hydroxylation sites is 1. The maximum absolute atomic E-state index is 12.4. The second-order valence-corrected chi connectivity index (χ2v) is 5.89. The van der Waals surface area contributed by atoms with Gasteiger partial charge >= 0.3 is 0 Å². The maximum atomic E-state index is 12.4. The van der Waals surface area contributed by atoms with Gasteiger partial charge in [0.2, 0.25) is 0 Å². The van der Waals surface area contributed by atoms with Crippen LogP contribution >= 0.6 is 12.4 Å². The zero-order chi connectivity index (χ0) is 16.2. The summed E-state index contributed by atoms with van der Waals surface area (Å²) in [6.45, 7) is 0. The third kappa shape index (κ3) is 4.21. The van der Waals surface area contributed by atoms with E-state index in [1.807, 2.05) is 18.2 Å². The summed E-state index contributed by atoms with van der Waals surface area (Å²) in [4.78, 5) is 24.3. The molecule has 1 saturated carbocycles.